The van der Waals surface area contributed by atoms with Crippen LogP contribution in [0.4, 0.5) is 0 Å². The van der Waals surface area contributed by atoms with E-state index in [1.165, 1.54) is 0 Å². The molecule has 4 aromatic rings. The van der Waals surface area contributed by atoms with Crippen molar-refractivity contribution in [3.8, 4) is 0 Å². The van der Waals surface area contributed by atoms with E-state index < -0.39 is 0 Å². The summed E-state index contributed by atoms with van der Waals surface area (Å²) in [7, 11) is 0. The zero-order valence-electron chi connectivity index (χ0n) is 14.6. The minimum atomic E-state index is -0.284. The van der Waals surface area contributed by atoms with E-state index in [2.05, 4.69) is 10.5 Å². The summed E-state index contributed by atoms with van der Waals surface area (Å²) in [5, 5.41) is 1.72. The van der Waals surface area contributed by atoms with Crippen LogP contribution in [-0.4, -0.2) is 10.9 Å². The molecule has 0 aliphatic heterocycles. The molecule has 27 heavy (non-hydrogen) atoms. The Morgan fingerprint density at radius 2 is 1.85 bits per heavy atom. The Balaban J connectivity index is 1.44. The fraction of sp³-hybridized carbons (Fsp3) is 0.182. The number of hydrogen-bond donors (Lipinski definition) is 1. The van der Waals surface area contributed by atoms with Crippen molar-refractivity contribution < 1.29 is 14.0 Å². The molecular formula is C22H18N2O3. The van der Waals surface area contributed by atoms with Gasteiger partial charge >= 0.3 is 0 Å². The Morgan fingerprint density at radius 3 is 2.67 bits per heavy atom. The van der Waals surface area contributed by atoms with Crippen molar-refractivity contribution in [1.82, 2.24) is 10.5 Å². The number of benzene rings is 2. The van der Waals surface area contributed by atoms with E-state index in [-0.39, 0.29) is 12.0 Å². The number of nitrogens with one attached hydrogen (secondary N) is 1. The number of para-hydroxylation sites is 1. The van der Waals surface area contributed by atoms with Gasteiger partial charge in [0, 0.05) is 17.0 Å². The number of fused-ring (bicyclic) bond motifs is 3. The monoisotopic (exact) mass is 358 g/mol. The second-order valence-electron chi connectivity index (χ2n) is 6.84. The molecule has 1 atom stereocenters. The molecule has 2 aromatic heterocycles. The van der Waals surface area contributed by atoms with E-state index >= 15 is 0 Å². The normalized spacial score (nSPS) is 15.1. The lowest BCUT2D eigenvalue weighted by atomic mass is 10.1. The molecular weight excluding hydrogens is 340 g/mol. The maximum absolute atomic E-state index is 12.9. The lowest BCUT2D eigenvalue weighted by molar-refractivity contribution is -0.0296. The Bertz CT molecular complexity index is 1120. The van der Waals surface area contributed by atoms with Crippen LogP contribution in [0.25, 0.3) is 21.9 Å². The van der Waals surface area contributed by atoms with Crippen molar-refractivity contribution in [3.63, 3.8) is 0 Å². The van der Waals surface area contributed by atoms with Crippen LogP contribution >= 0.6 is 0 Å². The van der Waals surface area contributed by atoms with Crippen molar-refractivity contribution in [2.45, 2.75) is 18.9 Å². The molecule has 0 saturated heterocycles. The maximum Gasteiger partial charge on any atom is 0.275 e. The van der Waals surface area contributed by atoms with E-state index in [0.29, 0.717) is 17.1 Å². The highest BCUT2D eigenvalue weighted by Gasteiger charge is 2.35. The number of rotatable bonds is 5. The molecule has 1 saturated carbocycles. The number of aromatic nitrogens is 1. The van der Waals surface area contributed by atoms with Gasteiger partial charge in [-0.2, -0.15) is 0 Å². The van der Waals surface area contributed by atoms with Gasteiger partial charge in [-0.05, 0) is 49.1 Å². The van der Waals surface area contributed by atoms with Crippen molar-refractivity contribution >= 4 is 27.8 Å². The molecule has 1 amide bonds. The SMILES string of the molecule is O=C(NOC(c1ccccn1)C1CC1)c1cccc2oc3ccccc3c12. The summed E-state index contributed by atoms with van der Waals surface area (Å²) >= 11 is 0. The summed E-state index contributed by atoms with van der Waals surface area (Å²) in [5.41, 5.74) is 5.47. The van der Waals surface area contributed by atoms with E-state index in [0.717, 1.165) is 34.9 Å². The van der Waals surface area contributed by atoms with E-state index in [4.69, 9.17) is 9.25 Å². The molecule has 1 fully saturated rings. The van der Waals surface area contributed by atoms with Crippen molar-refractivity contribution in [2.75, 3.05) is 0 Å². The zero-order chi connectivity index (χ0) is 18.2. The van der Waals surface area contributed by atoms with Gasteiger partial charge in [0.2, 0.25) is 0 Å². The van der Waals surface area contributed by atoms with Gasteiger partial charge in [-0.3, -0.25) is 14.6 Å². The Kier molecular flexibility index (Phi) is 3.87. The molecule has 0 radical (unpaired) electrons. The van der Waals surface area contributed by atoms with Gasteiger partial charge in [-0.1, -0.05) is 30.3 Å². The summed E-state index contributed by atoms with van der Waals surface area (Å²) in [6, 6.07) is 18.9. The largest absolute Gasteiger partial charge is 0.456 e. The highest BCUT2D eigenvalue weighted by molar-refractivity contribution is 6.16. The molecule has 1 aliphatic carbocycles. The fourth-order valence-electron chi connectivity index (χ4n) is 3.48. The Labute approximate surface area is 155 Å². The first-order chi connectivity index (χ1) is 13.3. The van der Waals surface area contributed by atoms with Gasteiger partial charge in [0.25, 0.3) is 5.91 Å². The van der Waals surface area contributed by atoms with E-state index in [1.807, 2.05) is 54.6 Å². The number of furan rings is 1. The van der Waals surface area contributed by atoms with Gasteiger partial charge in [0.05, 0.1) is 11.3 Å². The first-order valence-electron chi connectivity index (χ1n) is 9.08. The number of nitrogens with zero attached hydrogens (tertiary/aromatic N) is 1. The smallest absolute Gasteiger partial charge is 0.275 e. The second-order valence-corrected chi connectivity index (χ2v) is 6.84. The quantitative estimate of drug-likeness (QED) is 0.521. The molecule has 2 aromatic carbocycles. The van der Waals surface area contributed by atoms with Crippen molar-refractivity contribution in [3.05, 3.63) is 78.1 Å². The number of hydrogen-bond acceptors (Lipinski definition) is 4. The number of amides is 1. The summed E-state index contributed by atoms with van der Waals surface area (Å²) in [5.74, 6) is 0.111. The first kappa shape index (κ1) is 16.0. The minimum absolute atomic E-state index is 0.226. The van der Waals surface area contributed by atoms with Crippen LogP contribution in [0.5, 0.6) is 0 Å². The molecule has 5 nitrogen and oxygen atoms in total. The zero-order valence-corrected chi connectivity index (χ0v) is 14.6. The third-order valence-corrected chi connectivity index (χ3v) is 4.96. The molecule has 1 N–H and O–H groups in total. The van der Waals surface area contributed by atoms with Gasteiger partial charge in [0.15, 0.2) is 0 Å². The third-order valence-electron chi connectivity index (χ3n) is 4.96. The van der Waals surface area contributed by atoms with Crippen molar-refractivity contribution in [1.29, 1.82) is 0 Å². The van der Waals surface area contributed by atoms with Crippen LogP contribution in [0.1, 0.15) is 35.0 Å². The number of carbonyl (C=O) groups excluding carboxylic acids is 1. The summed E-state index contributed by atoms with van der Waals surface area (Å²) < 4.78 is 5.86. The van der Waals surface area contributed by atoms with Crippen LogP contribution in [0.3, 0.4) is 0 Å². The predicted octanol–water partition coefficient (Wildman–Crippen LogP) is 4.79. The lowest BCUT2D eigenvalue weighted by Gasteiger charge is -2.16. The van der Waals surface area contributed by atoms with Crippen molar-refractivity contribution in [2.24, 2.45) is 5.92 Å². The predicted molar refractivity (Wildman–Crippen MR) is 102 cm³/mol. The van der Waals surface area contributed by atoms with Gasteiger partial charge in [-0.25, -0.2) is 5.48 Å². The summed E-state index contributed by atoms with van der Waals surface area (Å²) in [6.07, 6.45) is 3.68. The van der Waals surface area contributed by atoms with E-state index in [9.17, 15) is 4.79 Å². The molecule has 1 aliphatic rings. The van der Waals surface area contributed by atoms with Crippen LogP contribution in [-0.2, 0) is 4.84 Å². The maximum atomic E-state index is 12.9. The van der Waals surface area contributed by atoms with Gasteiger partial charge in [0.1, 0.15) is 17.3 Å². The molecule has 5 rings (SSSR count). The molecule has 5 heteroatoms. The number of hydroxylamine groups is 1. The van der Waals surface area contributed by atoms with Crippen LogP contribution in [0, 0.1) is 5.92 Å². The molecule has 1 unspecified atom stereocenters. The van der Waals surface area contributed by atoms with E-state index in [1.54, 1.807) is 12.3 Å². The van der Waals surface area contributed by atoms with Gasteiger partial charge in [-0.15, -0.1) is 0 Å². The molecule has 134 valence electrons. The van der Waals surface area contributed by atoms with Gasteiger partial charge < -0.3 is 4.42 Å². The minimum Gasteiger partial charge on any atom is -0.456 e. The van der Waals surface area contributed by atoms with Crippen LogP contribution in [0.2, 0.25) is 0 Å². The van der Waals surface area contributed by atoms with Crippen LogP contribution < -0.4 is 5.48 Å². The topological polar surface area (TPSA) is 64.4 Å². The lowest BCUT2D eigenvalue weighted by Crippen LogP contribution is -2.27. The average molecular weight is 358 g/mol. The molecule has 0 spiro atoms. The Hall–Kier alpha value is -3.18. The summed E-state index contributed by atoms with van der Waals surface area (Å²) in [6.45, 7) is 0. The fourth-order valence-corrected chi connectivity index (χ4v) is 3.48. The standard InChI is InChI=1S/C22H18N2O3/c25-22(24-27-21(14-11-12-14)17-8-3-4-13-23-17)16-7-5-10-19-20(16)15-6-1-2-9-18(15)26-19/h1-10,13-14,21H,11-12H2,(H,24,25). The molecule has 0 bridgehead atoms. The third kappa shape index (κ3) is 2.96. The Morgan fingerprint density at radius 1 is 1.04 bits per heavy atom. The first-order valence-corrected chi connectivity index (χ1v) is 9.08. The van der Waals surface area contributed by atoms with Crippen LogP contribution in [0.15, 0.2) is 71.3 Å². The molecule has 2 heterocycles. The number of carbonyl (C=O) groups is 1. The summed E-state index contributed by atoms with van der Waals surface area (Å²) in [4.78, 5) is 23.1. The highest BCUT2D eigenvalue weighted by Crippen LogP contribution is 2.42. The second kappa shape index (κ2) is 6.52. The number of pyridine rings is 1. The highest BCUT2D eigenvalue weighted by atomic mass is 16.7. The average Bonchev–Trinajstić information content (AvgIpc) is 3.48.